The van der Waals surface area contributed by atoms with Crippen molar-refractivity contribution in [1.82, 2.24) is 29.7 Å². The molecule has 8 heteroatoms. The number of nitrogens with one attached hydrogen (secondary N) is 1. The molecule has 0 amide bonds. The minimum absolute atomic E-state index is 0.245. The molecule has 0 atom stereocenters. The molecule has 156 valence electrons. The van der Waals surface area contributed by atoms with E-state index in [2.05, 4.69) is 54.6 Å². The van der Waals surface area contributed by atoms with Gasteiger partial charge in [-0.1, -0.05) is 36.4 Å². The standard InChI is InChI=1S/C24H20N8/c25-24-27-11-18(12-28-24)6-7-19-13-26-16-29-23(19)31-21-8-9-22-20(10-21)14-30-32(22)15-17-4-2-1-3-5-17/h1-14,16H,15H2,(H2,25,27,28)(H,26,29,31). The Morgan fingerprint density at radius 1 is 0.906 bits per heavy atom. The van der Waals surface area contributed by atoms with Crippen LogP contribution in [-0.2, 0) is 6.54 Å². The van der Waals surface area contributed by atoms with E-state index in [1.165, 1.54) is 11.9 Å². The predicted molar refractivity (Wildman–Crippen MR) is 126 cm³/mol. The molecule has 0 saturated carbocycles. The van der Waals surface area contributed by atoms with E-state index in [4.69, 9.17) is 5.73 Å². The summed E-state index contributed by atoms with van der Waals surface area (Å²) in [6, 6.07) is 16.4. The van der Waals surface area contributed by atoms with Crippen LogP contribution in [0, 0.1) is 0 Å². The van der Waals surface area contributed by atoms with Crippen molar-refractivity contribution in [2.45, 2.75) is 6.54 Å². The van der Waals surface area contributed by atoms with Crippen LogP contribution in [0.1, 0.15) is 16.7 Å². The van der Waals surface area contributed by atoms with E-state index < -0.39 is 0 Å². The molecule has 3 N–H and O–H groups in total. The van der Waals surface area contributed by atoms with Crippen LogP contribution in [0.15, 0.2) is 79.6 Å². The first-order valence-electron chi connectivity index (χ1n) is 10.1. The van der Waals surface area contributed by atoms with Crippen LogP contribution in [0.4, 0.5) is 17.5 Å². The van der Waals surface area contributed by atoms with E-state index in [9.17, 15) is 0 Å². The molecule has 0 saturated heterocycles. The van der Waals surface area contributed by atoms with Gasteiger partial charge in [-0.15, -0.1) is 0 Å². The molecule has 32 heavy (non-hydrogen) atoms. The number of benzene rings is 2. The fourth-order valence-electron chi connectivity index (χ4n) is 3.37. The van der Waals surface area contributed by atoms with Gasteiger partial charge < -0.3 is 11.1 Å². The molecule has 3 aromatic heterocycles. The van der Waals surface area contributed by atoms with Crippen LogP contribution >= 0.6 is 0 Å². The van der Waals surface area contributed by atoms with Crippen molar-refractivity contribution in [1.29, 1.82) is 0 Å². The number of hydrogen-bond donors (Lipinski definition) is 2. The topological polar surface area (TPSA) is 107 Å². The molecule has 0 spiro atoms. The van der Waals surface area contributed by atoms with Gasteiger partial charge in [-0.2, -0.15) is 5.10 Å². The number of nitrogens with two attached hydrogens (primary N) is 1. The second-order valence-corrected chi connectivity index (χ2v) is 7.22. The van der Waals surface area contributed by atoms with Crippen LogP contribution in [0.5, 0.6) is 0 Å². The summed E-state index contributed by atoms with van der Waals surface area (Å²) in [5.74, 6) is 0.943. The number of aromatic nitrogens is 6. The monoisotopic (exact) mass is 420 g/mol. The van der Waals surface area contributed by atoms with Gasteiger partial charge in [0.2, 0.25) is 5.95 Å². The van der Waals surface area contributed by atoms with Crippen molar-refractivity contribution in [3.63, 3.8) is 0 Å². The van der Waals surface area contributed by atoms with Gasteiger partial charge in [0.15, 0.2) is 0 Å². The Kier molecular flexibility index (Phi) is 5.24. The predicted octanol–water partition coefficient (Wildman–Crippen LogP) is 4.16. The van der Waals surface area contributed by atoms with Crippen molar-refractivity contribution in [2.75, 3.05) is 11.1 Å². The van der Waals surface area contributed by atoms with Gasteiger partial charge in [0.05, 0.1) is 18.3 Å². The lowest BCUT2D eigenvalue weighted by atomic mass is 10.2. The highest BCUT2D eigenvalue weighted by Crippen LogP contribution is 2.24. The number of anilines is 3. The molecule has 3 heterocycles. The summed E-state index contributed by atoms with van der Waals surface area (Å²) in [5, 5.41) is 8.99. The summed E-state index contributed by atoms with van der Waals surface area (Å²) < 4.78 is 2.00. The lowest BCUT2D eigenvalue weighted by Gasteiger charge is -2.09. The third-order valence-electron chi connectivity index (χ3n) is 4.97. The molecule has 0 aliphatic rings. The summed E-state index contributed by atoms with van der Waals surface area (Å²) in [7, 11) is 0. The molecule has 0 unspecified atom stereocenters. The van der Waals surface area contributed by atoms with Gasteiger partial charge in [-0.25, -0.2) is 19.9 Å². The normalized spacial score (nSPS) is 11.2. The molecule has 8 nitrogen and oxygen atoms in total. The Morgan fingerprint density at radius 3 is 2.59 bits per heavy atom. The zero-order valence-electron chi connectivity index (χ0n) is 17.1. The van der Waals surface area contributed by atoms with Crippen molar-refractivity contribution < 1.29 is 0 Å². The maximum absolute atomic E-state index is 5.54. The Balaban J connectivity index is 1.37. The van der Waals surface area contributed by atoms with Gasteiger partial charge in [0.1, 0.15) is 12.1 Å². The van der Waals surface area contributed by atoms with Gasteiger partial charge >= 0.3 is 0 Å². The highest BCUT2D eigenvalue weighted by atomic mass is 15.3. The molecule has 2 aromatic carbocycles. The quantitative estimate of drug-likeness (QED) is 0.425. The lowest BCUT2D eigenvalue weighted by molar-refractivity contribution is 0.712. The largest absolute Gasteiger partial charge is 0.368 e. The maximum atomic E-state index is 5.54. The Labute approximate surface area is 184 Å². The first-order chi connectivity index (χ1) is 15.7. The van der Waals surface area contributed by atoms with Crippen LogP contribution in [-0.4, -0.2) is 29.7 Å². The Bertz CT molecular complexity index is 1370. The van der Waals surface area contributed by atoms with Crippen molar-refractivity contribution in [3.8, 4) is 0 Å². The van der Waals surface area contributed by atoms with Crippen molar-refractivity contribution in [3.05, 3.63) is 96.3 Å². The zero-order chi connectivity index (χ0) is 21.8. The minimum Gasteiger partial charge on any atom is -0.368 e. The molecular formula is C24H20N8. The fraction of sp³-hybridized carbons (Fsp3) is 0.0417. The van der Waals surface area contributed by atoms with Crippen LogP contribution in [0.25, 0.3) is 23.1 Å². The van der Waals surface area contributed by atoms with Crippen molar-refractivity contribution >= 4 is 40.5 Å². The maximum Gasteiger partial charge on any atom is 0.219 e. The first-order valence-corrected chi connectivity index (χ1v) is 10.1. The van der Waals surface area contributed by atoms with Gasteiger partial charge in [-0.3, -0.25) is 4.68 Å². The highest BCUT2D eigenvalue weighted by molar-refractivity contribution is 5.84. The van der Waals surface area contributed by atoms with Gasteiger partial charge in [-0.05, 0) is 29.8 Å². The summed E-state index contributed by atoms with van der Waals surface area (Å²) in [6.07, 6.45) is 12.3. The fourth-order valence-corrected chi connectivity index (χ4v) is 3.37. The number of hydrogen-bond acceptors (Lipinski definition) is 7. The molecule has 0 aliphatic heterocycles. The molecule has 0 fully saturated rings. The smallest absolute Gasteiger partial charge is 0.219 e. The second-order valence-electron chi connectivity index (χ2n) is 7.22. The van der Waals surface area contributed by atoms with E-state index in [-0.39, 0.29) is 5.95 Å². The average Bonchev–Trinajstić information content (AvgIpc) is 3.22. The third kappa shape index (κ3) is 4.29. The summed E-state index contributed by atoms with van der Waals surface area (Å²) >= 11 is 0. The Morgan fingerprint density at radius 2 is 1.75 bits per heavy atom. The van der Waals surface area contributed by atoms with E-state index >= 15 is 0 Å². The molecule has 0 bridgehead atoms. The van der Waals surface area contributed by atoms with Crippen molar-refractivity contribution in [2.24, 2.45) is 0 Å². The second kappa shape index (κ2) is 8.65. The third-order valence-corrected chi connectivity index (χ3v) is 4.97. The molecule has 5 aromatic rings. The molecule has 5 rings (SSSR count). The molecule has 0 aliphatic carbocycles. The molecular weight excluding hydrogens is 400 g/mol. The van der Waals surface area contributed by atoms with E-state index in [1.807, 2.05) is 47.3 Å². The Hall–Kier alpha value is -4.59. The van der Waals surface area contributed by atoms with Crippen LogP contribution in [0.2, 0.25) is 0 Å². The average molecular weight is 420 g/mol. The first kappa shape index (κ1) is 19.4. The SMILES string of the molecule is Nc1ncc(C=Cc2cncnc2Nc2ccc3c(cnn3Cc3ccccc3)c2)cn1. The van der Waals surface area contributed by atoms with Gasteiger partial charge in [0.25, 0.3) is 0 Å². The van der Waals surface area contributed by atoms with E-state index in [0.717, 1.165) is 34.3 Å². The lowest BCUT2D eigenvalue weighted by Crippen LogP contribution is -2.01. The molecule has 0 radical (unpaired) electrons. The van der Waals surface area contributed by atoms with E-state index in [0.29, 0.717) is 5.82 Å². The van der Waals surface area contributed by atoms with Crippen LogP contribution in [0.3, 0.4) is 0 Å². The summed E-state index contributed by atoms with van der Waals surface area (Å²) in [6.45, 7) is 0.729. The summed E-state index contributed by atoms with van der Waals surface area (Å²) in [5.41, 5.74) is 10.4. The van der Waals surface area contributed by atoms with E-state index in [1.54, 1.807) is 18.6 Å². The number of nitrogen functional groups attached to an aromatic ring is 1. The van der Waals surface area contributed by atoms with Gasteiger partial charge in [0, 0.05) is 40.8 Å². The van der Waals surface area contributed by atoms with Crippen LogP contribution < -0.4 is 11.1 Å². The minimum atomic E-state index is 0.245. The number of rotatable bonds is 6. The highest BCUT2D eigenvalue weighted by Gasteiger charge is 2.07. The summed E-state index contributed by atoms with van der Waals surface area (Å²) in [4.78, 5) is 16.5. The number of fused-ring (bicyclic) bond motifs is 1. The number of nitrogens with zero attached hydrogens (tertiary/aromatic N) is 6. The zero-order valence-corrected chi connectivity index (χ0v) is 17.1.